The van der Waals surface area contributed by atoms with Crippen molar-refractivity contribution in [1.29, 1.82) is 0 Å². The predicted molar refractivity (Wildman–Crippen MR) is 97.6 cm³/mol. The van der Waals surface area contributed by atoms with Crippen LogP contribution in [0.1, 0.15) is 18.1 Å². The van der Waals surface area contributed by atoms with Crippen LogP contribution in [0.2, 0.25) is 0 Å². The molecule has 0 radical (unpaired) electrons. The zero-order valence-electron chi connectivity index (χ0n) is 13.7. The Labute approximate surface area is 154 Å². The van der Waals surface area contributed by atoms with Crippen LogP contribution in [0.15, 0.2) is 53.0 Å². The third-order valence-corrected chi connectivity index (χ3v) is 4.13. The van der Waals surface area contributed by atoms with Crippen molar-refractivity contribution in [3.8, 4) is 5.75 Å². The number of amides is 1. The summed E-state index contributed by atoms with van der Waals surface area (Å²) in [7, 11) is 1.49. The number of phenols is 1. The second-order valence-corrected chi connectivity index (χ2v) is 6.25. The van der Waals surface area contributed by atoms with E-state index < -0.39 is 18.3 Å². The van der Waals surface area contributed by atoms with Crippen molar-refractivity contribution in [1.82, 2.24) is 0 Å². The number of carbonyl (C=O) groups excluding carboxylic acids is 1. The number of phenolic OH excluding ortho intramolecular Hbond substituents is 1. The number of aliphatic hydroxyl groups excluding tert-OH is 1. The van der Waals surface area contributed by atoms with Crippen LogP contribution in [0.5, 0.6) is 5.75 Å². The van der Waals surface area contributed by atoms with Crippen LogP contribution in [0.3, 0.4) is 0 Å². The number of ether oxygens (including phenoxy) is 2. The van der Waals surface area contributed by atoms with Gasteiger partial charge in [-0.25, -0.2) is 4.79 Å². The minimum absolute atomic E-state index is 0.106. The first kappa shape index (κ1) is 19.2. The van der Waals surface area contributed by atoms with Crippen molar-refractivity contribution in [3.63, 3.8) is 0 Å². The monoisotopic (exact) mass is 409 g/mol. The Bertz CT molecular complexity index is 675. The molecule has 2 rings (SSSR count). The van der Waals surface area contributed by atoms with Gasteiger partial charge in [0.25, 0.3) is 0 Å². The lowest BCUT2D eigenvalue weighted by molar-refractivity contribution is -0.0306. The molecule has 6 nitrogen and oxygen atoms in total. The molecule has 0 aliphatic carbocycles. The molecule has 0 saturated heterocycles. The van der Waals surface area contributed by atoms with E-state index in [0.717, 1.165) is 4.47 Å². The SMILES string of the molecule is CO[C@@H](CCO)[C@@H](OC(=O)Nc1ccc(Br)cc1)c1ccc(O)cc1. The smallest absolute Gasteiger partial charge is 0.412 e. The van der Waals surface area contributed by atoms with Crippen molar-refractivity contribution in [2.24, 2.45) is 0 Å². The minimum atomic E-state index is -0.729. The Kier molecular flexibility index (Phi) is 7.24. The van der Waals surface area contributed by atoms with Gasteiger partial charge in [0.15, 0.2) is 6.10 Å². The second-order valence-electron chi connectivity index (χ2n) is 5.34. The molecule has 2 aromatic carbocycles. The van der Waals surface area contributed by atoms with Gasteiger partial charge in [0, 0.05) is 30.3 Å². The molecule has 3 N–H and O–H groups in total. The lowest BCUT2D eigenvalue weighted by Crippen LogP contribution is -2.28. The maximum absolute atomic E-state index is 12.3. The summed E-state index contributed by atoms with van der Waals surface area (Å²) in [5.74, 6) is 0.109. The molecule has 0 aromatic heterocycles. The van der Waals surface area contributed by atoms with Gasteiger partial charge in [-0.2, -0.15) is 0 Å². The molecule has 0 aliphatic rings. The van der Waals surface area contributed by atoms with Crippen LogP contribution in [-0.2, 0) is 9.47 Å². The average molecular weight is 410 g/mol. The van der Waals surface area contributed by atoms with Crippen LogP contribution >= 0.6 is 15.9 Å². The van der Waals surface area contributed by atoms with Gasteiger partial charge >= 0.3 is 6.09 Å². The van der Waals surface area contributed by atoms with E-state index in [1.807, 2.05) is 0 Å². The predicted octanol–water partition coefficient (Wildman–Crippen LogP) is 3.84. The van der Waals surface area contributed by atoms with E-state index in [4.69, 9.17) is 9.47 Å². The number of carbonyl (C=O) groups is 1. The Morgan fingerprint density at radius 1 is 1.16 bits per heavy atom. The number of aliphatic hydroxyl groups is 1. The second kappa shape index (κ2) is 9.41. The number of aromatic hydroxyl groups is 1. The fourth-order valence-corrected chi connectivity index (χ4v) is 2.60. The van der Waals surface area contributed by atoms with Gasteiger partial charge in [0.05, 0.1) is 0 Å². The number of halogens is 1. The highest BCUT2D eigenvalue weighted by Crippen LogP contribution is 2.27. The first-order chi connectivity index (χ1) is 12.0. The first-order valence-electron chi connectivity index (χ1n) is 7.69. The van der Waals surface area contributed by atoms with Crippen LogP contribution in [-0.4, -0.2) is 36.1 Å². The highest BCUT2D eigenvalue weighted by Gasteiger charge is 2.27. The molecule has 0 fully saturated rings. The zero-order valence-corrected chi connectivity index (χ0v) is 15.3. The summed E-state index contributed by atoms with van der Waals surface area (Å²) >= 11 is 3.33. The normalized spacial score (nSPS) is 13.1. The summed E-state index contributed by atoms with van der Waals surface area (Å²) in [4.78, 5) is 12.3. The Morgan fingerprint density at radius 2 is 1.80 bits per heavy atom. The molecule has 0 aliphatic heterocycles. The molecular formula is C18H20BrNO5. The topological polar surface area (TPSA) is 88.0 Å². The summed E-state index contributed by atoms with van der Waals surface area (Å²) in [5, 5.41) is 21.3. The number of nitrogens with one attached hydrogen (secondary N) is 1. The lowest BCUT2D eigenvalue weighted by atomic mass is 10.0. The van der Waals surface area contributed by atoms with Crippen LogP contribution in [0.4, 0.5) is 10.5 Å². The average Bonchev–Trinajstić information content (AvgIpc) is 2.61. The standard InChI is InChI=1S/C18H20BrNO5/c1-24-16(10-11-21)17(12-2-8-15(22)9-3-12)25-18(23)20-14-6-4-13(19)5-7-14/h2-9,16-17,21-22H,10-11H2,1H3,(H,20,23)/t16-,17-/m0/s1. The largest absolute Gasteiger partial charge is 0.508 e. The van der Waals surface area contributed by atoms with E-state index in [9.17, 15) is 15.0 Å². The number of anilines is 1. The summed E-state index contributed by atoms with van der Waals surface area (Å²) in [6, 6.07) is 13.4. The van der Waals surface area contributed by atoms with Gasteiger partial charge in [-0.3, -0.25) is 5.32 Å². The van der Waals surface area contributed by atoms with Gasteiger partial charge in [-0.15, -0.1) is 0 Å². The molecule has 1 amide bonds. The molecule has 2 aromatic rings. The van der Waals surface area contributed by atoms with Gasteiger partial charge < -0.3 is 19.7 Å². The molecule has 0 spiro atoms. The van der Waals surface area contributed by atoms with Crippen molar-refractivity contribution in [2.75, 3.05) is 19.0 Å². The van der Waals surface area contributed by atoms with Crippen molar-refractivity contribution in [2.45, 2.75) is 18.6 Å². The summed E-state index contributed by atoms with van der Waals surface area (Å²) in [6.07, 6.45) is -1.59. The molecule has 0 unspecified atom stereocenters. The molecular weight excluding hydrogens is 390 g/mol. The molecule has 0 bridgehead atoms. The van der Waals surface area contributed by atoms with Crippen molar-refractivity contribution >= 4 is 27.7 Å². The highest BCUT2D eigenvalue weighted by molar-refractivity contribution is 9.10. The number of hydrogen-bond acceptors (Lipinski definition) is 5. The number of benzene rings is 2. The van der Waals surface area contributed by atoms with Crippen LogP contribution in [0, 0.1) is 0 Å². The highest BCUT2D eigenvalue weighted by atomic mass is 79.9. The van der Waals surface area contributed by atoms with Crippen molar-refractivity contribution < 1.29 is 24.5 Å². The van der Waals surface area contributed by atoms with E-state index in [2.05, 4.69) is 21.2 Å². The molecule has 7 heteroatoms. The third-order valence-electron chi connectivity index (χ3n) is 3.60. The third kappa shape index (κ3) is 5.74. The molecule has 2 atom stereocenters. The molecule has 0 heterocycles. The van der Waals surface area contributed by atoms with E-state index in [0.29, 0.717) is 17.7 Å². The Balaban J connectivity index is 2.15. The van der Waals surface area contributed by atoms with Crippen LogP contribution < -0.4 is 5.32 Å². The summed E-state index contributed by atoms with van der Waals surface area (Å²) in [5.41, 5.74) is 1.25. The van der Waals surface area contributed by atoms with Gasteiger partial charge in [0.1, 0.15) is 11.9 Å². The van der Waals surface area contributed by atoms with Crippen LogP contribution in [0.25, 0.3) is 0 Å². The number of hydrogen-bond donors (Lipinski definition) is 3. The molecule has 0 saturated carbocycles. The van der Waals surface area contributed by atoms with Gasteiger partial charge in [-0.1, -0.05) is 28.1 Å². The van der Waals surface area contributed by atoms with E-state index in [1.165, 1.54) is 19.2 Å². The zero-order chi connectivity index (χ0) is 18.2. The maximum atomic E-state index is 12.3. The summed E-state index contributed by atoms with van der Waals surface area (Å²) in [6.45, 7) is -0.106. The van der Waals surface area contributed by atoms with Gasteiger partial charge in [0.2, 0.25) is 0 Å². The fraction of sp³-hybridized carbons (Fsp3) is 0.278. The Hall–Kier alpha value is -2.09. The van der Waals surface area contributed by atoms with Gasteiger partial charge in [-0.05, 0) is 42.0 Å². The lowest BCUT2D eigenvalue weighted by Gasteiger charge is -2.26. The number of rotatable bonds is 7. The van der Waals surface area contributed by atoms with E-state index in [-0.39, 0.29) is 12.4 Å². The number of methoxy groups -OCH3 is 1. The summed E-state index contributed by atoms with van der Waals surface area (Å²) < 4.78 is 11.8. The van der Waals surface area contributed by atoms with Crippen molar-refractivity contribution in [3.05, 3.63) is 58.6 Å². The first-order valence-corrected chi connectivity index (χ1v) is 8.48. The fourth-order valence-electron chi connectivity index (χ4n) is 2.34. The quantitative estimate of drug-likeness (QED) is 0.646. The maximum Gasteiger partial charge on any atom is 0.412 e. The van der Waals surface area contributed by atoms with E-state index in [1.54, 1.807) is 36.4 Å². The molecule has 25 heavy (non-hydrogen) atoms. The minimum Gasteiger partial charge on any atom is -0.508 e. The van der Waals surface area contributed by atoms with E-state index >= 15 is 0 Å². The molecule has 134 valence electrons. The Morgan fingerprint density at radius 3 is 2.36 bits per heavy atom.